The zero-order chi connectivity index (χ0) is 47.9. The first-order valence-corrected chi connectivity index (χ1v) is 27.9. The summed E-state index contributed by atoms with van der Waals surface area (Å²) >= 11 is 0. The second kappa shape index (κ2) is 54.5. The van der Waals surface area contributed by atoms with Crippen molar-refractivity contribution < 1.29 is 28.6 Å². The number of allylic oxidation sites excluding steroid dienone is 12. The van der Waals surface area contributed by atoms with E-state index >= 15 is 0 Å². The molecule has 0 aliphatic rings. The lowest BCUT2D eigenvalue weighted by Crippen LogP contribution is -2.30. The van der Waals surface area contributed by atoms with Crippen LogP contribution in [-0.2, 0) is 28.6 Å². The molecule has 0 saturated heterocycles. The molecule has 6 heteroatoms. The number of carbonyl (C=O) groups excluding carboxylic acids is 3. The summed E-state index contributed by atoms with van der Waals surface area (Å²) in [4.78, 5) is 38.1. The standard InChI is InChI=1S/C60H104O6/c1-4-7-10-13-16-19-22-25-28-29-30-31-33-35-38-41-44-47-50-53-59(62)65-56-57(55-64-58(61)52-49-46-43-40-37-34-27-24-21-18-15-12-9-6-3)66-60(63)54-51-48-45-42-39-36-32-26-23-20-17-14-11-8-5-2/h7,10,16,19,24-25,27-28,30-31,35,38,57H,4-6,8-9,11-15,17-18,20-23,26,29,32-34,36-37,39-56H2,1-3H3/b10-7+,19-16+,27-24+,28-25+,31-30+,38-35+/t57-/m1/s1. The van der Waals surface area contributed by atoms with Crippen molar-refractivity contribution in [2.45, 2.75) is 277 Å². The first-order chi connectivity index (χ1) is 32.5. The van der Waals surface area contributed by atoms with Crippen LogP contribution >= 0.6 is 0 Å². The van der Waals surface area contributed by atoms with Crippen LogP contribution in [-0.4, -0.2) is 37.2 Å². The lowest BCUT2D eigenvalue weighted by atomic mass is 10.0. The first kappa shape index (κ1) is 62.8. The predicted molar refractivity (Wildman–Crippen MR) is 284 cm³/mol. The highest BCUT2D eigenvalue weighted by Crippen LogP contribution is 2.15. The van der Waals surface area contributed by atoms with E-state index in [0.29, 0.717) is 19.3 Å². The van der Waals surface area contributed by atoms with Crippen LogP contribution in [0.15, 0.2) is 72.9 Å². The van der Waals surface area contributed by atoms with E-state index in [0.717, 1.165) is 103 Å². The van der Waals surface area contributed by atoms with Gasteiger partial charge in [-0.1, -0.05) is 235 Å². The maximum absolute atomic E-state index is 12.8. The van der Waals surface area contributed by atoms with Crippen molar-refractivity contribution in [1.82, 2.24) is 0 Å². The smallest absolute Gasteiger partial charge is 0.306 e. The topological polar surface area (TPSA) is 78.9 Å². The third-order valence-electron chi connectivity index (χ3n) is 11.9. The molecule has 0 bridgehead atoms. The fourth-order valence-corrected chi connectivity index (χ4v) is 7.76. The molecule has 0 N–H and O–H groups in total. The Balaban J connectivity index is 4.43. The van der Waals surface area contributed by atoms with Gasteiger partial charge in [-0.2, -0.15) is 0 Å². The summed E-state index contributed by atoms with van der Waals surface area (Å²) in [7, 11) is 0. The van der Waals surface area contributed by atoms with Gasteiger partial charge >= 0.3 is 17.9 Å². The van der Waals surface area contributed by atoms with Crippen molar-refractivity contribution in [3.63, 3.8) is 0 Å². The molecule has 0 unspecified atom stereocenters. The maximum atomic E-state index is 12.8. The second-order valence-corrected chi connectivity index (χ2v) is 18.5. The number of ether oxygens (including phenoxy) is 3. The summed E-state index contributed by atoms with van der Waals surface area (Å²) < 4.78 is 16.8. The van der Waals surface area contributed by atoms with E-state index < -0.39 is 6.10 Å². The van der Waals surface area contributed by atoms with Crippen LogP contribution < -0.4 is 0 Å². The van der Waals surface area contributed by atoms with Crippen LogP contribution in [0.1, 0.15) is 271 Å². The Morgan fingerprint density at radius 3 is 0.955 bits per heavy atom. The lowest BCUT2D eigenvalue weighted by Gasteiger charge is -2.18. The zero-order valence-corrected chi connectivity index (χ0v) is 43.4. The Kier molecular flexibility index (Phi) is 51.9. The Morgan fingerprint density at radius 1 is 0.318 bits per heavy atom. The predicted octanol–water partition coefficient (Wildman–Crippen LogP) is 18.6. The van der Waals surface area contributed by atoms with E-state index in [4.69, 9.17) is 14.2 Å². The average Bonchev–Trinajstić information content (AvgIpc) is 3.31. The second-order valence-electron chi connectivity index (χ2n) is 18.5. The van der Waals surface area contributed by atoms with E-state index in [2.05, 4.69) is 93.7 Å². The summed E-state index contributed by atoms with van der Waals surface area (Å²) in [6.45, 7) is 6.50. The molecule has 0 aromatic heterocycles. The Morgan fingerprint density at radius 2 is 0.591 bits per heavy atom. The molecular formula is C60H104O6. The van der Waals surface area contributed by atoms with Crippen LogP contribution in [0.5, 0.6) is 0 Å². The summed E-state index contributed by atoms with van der Waals surface area (Å²) in [5, 5.41) is 0. The molecular weight excluding hydrogens is 817 g/mol. The fourth-order valence-electron chi connectivity index (χ4n) is 7.76. The van der Waals surface area contributed by atoms with Gasteiger partial charge in [0.25, 0.3) is 0 Å². The number of hydrogen-bond acceptors (Lipinski definition) is 6. The molecule has 0 amide bonds. The average molecular weight is 921 g/mol. The molecule has 0 rings (SSSR count). The molecule has 0 radical (unpaired) electrons. The van der Waals surface area contributed by atoms with E-state index in [-0.39, 0.29) is 31.1 Å². The highest BCUT2D eigenvalue weighted by Gasteiger charge is 2.19. The monoisotopic (exact) mass is 921 g/mol. The number of carbonyl (C=O) groups is 3. The summed E-state index contributed by atoms with van der Waals surface area (Å²) in [5.74, 6) is -0.921. The van der Waals surface area contributed by atoms with Crippen LogP contribution in [0.4, 0.5) is 0 Å². The largest absolute Gasteiger partial charge is 0.462 e. The van der Waals surface area contributed by atoms with Gasteiger partial charge in [-0.3, -0.25) is 14.4 Å². The Hall–Kier alpha value is -3.15. The third-order valence-corrected chi connectivity index (χ3v) is 11.9. The van der Waals surface area contributed by atoms with Crippen LogP contribution in [0, 0.1) is 0 Å². The molecule has 1 atom stereocenters. The molecule has 0 aliphatic heterocycles. The Bertz CT molecular complexity index is 1240. The molecule has 380 valence electrons. The lowest BCUT2D eigenvalue weighted by molar-refractivity contribution is -0.167. The highest BCUT2D eigenvalue weighted by molar-refractivity contribution is 5.71. The van der Waals surface area contributed by atoms with Gasteiger partial charge in [0, 0.05) is 19.3 Å². The van der Waals surface area contributed by atoms with E-state index in [1.54, 1.807) is 0 Å². The van der Waals surface area contributed by atoms with E-state index in [1.807, 2.05) is 0 Å². The van der Waals surface area contributed by atoms with Gasteiger partial charge in [0.2, 0.25) is 0 Å². The Labute approximate surface area is 408 Å². The quantitative estimate of drug-likeness (QED) is 0.0262. The first-order valence-electron chi connectivity index (χ1n) is 27.9. The molecule has 0 fully saturated rings. The highest BCUT2D eigenvalue weighted by atomic mass is 16.6. The normalized spacial score (nSPS) is 12.6. The molecule has 6 nitrogen and oxygen atoms in total. The molecule has 0 aromatic carbocycles. The van der Waals surface area contributed by atoms with Crippen molar-refractivity contribution in [2.24, 2.45) is 0 Å². The van der Waals surface area contributed by atoms with E-state index in [1.165, 1.54) is 128 Å². The van der Waals surface area contributed by atoms with Crippen LogP contribution in [0.25, 0.3) is 0 Å². The van der Waals surface area contributed by atoms with Crippen molar-refractivity contribution in [1.29, 1.82) is 0 Å². The summed E-state index contributed by atoms with van der Waals surface area (Å²) in [6.07, 6.45) is 68.8. The van der Waals surface area contributed by atoms with E-state index in [9.17, 15) is 14.4 Å². The van der Waals surface area contributed by atoms with Crippen molar-refractivity contribution in [2.75, 3.05) is 13.2 Å². The van der Waals surface area contributed by atoms with Gasteiger partial charge in [0.05, 0.1) is 0 Å². The van der Waals surface area contributed by atoms with Gasteiger partial charge in [-0.05, 0) is 89.9 Å². The molecule has 0 heterocycles. The summed E-state index contributed by atoms with van der Waals surface area (Å²) in [5.41, 5.74) is 0. The molecule has 0 aromatic rings. The number of esters is 3. The van der Waals surface area contributed by atoms with Crippen molar-refractivity contribution >= 4 is 17.9 Å². The SMILES string of the molecule is CC/C=C/C/C=C/C/C=C/C/C=C/C/C=C/CCCCCC(=O)OC[C@@H](COC(=O)CCCCCCC/C=C/CCCCCCC)OC(=O)CCCCCCCCCCCCCCCCC. The van der Waals surface area contributed by atoms with Gasteiger partial charge < -0.3 is 14.2 Å². The minimum atomic E-state index is -0.790. The van der Waals surface area contributed by atoms with Gasteiger partial charge in [-0.15, -0.1) is 0 Å². The van der Waals surface area contributed by atoms with Gasteiger partial charge in [0.15, 0.2) is 6.10 Å². The minimum absolute atomic E-state index is 0.0884. The number of hydrogen-bond donors (Lipinski definition) is 0. The van der Waals surface area contributed by atoms with Crippen molar-refractivity contribution in [3.05, 3.63) is 72.9 Å². The zero-order valence-electron chi connectivity index (χ0n) is 43.4. The molecule has 66 heavy (non-hydrogen) atoms. The van der Waals surface area contributed by atoms with Crippen LogP contribution in [0.2, 0.25) is 0 Å². The maximum Gasteiger partial charge on any atom is 0.306 e. The molecule has 0 aliphatic carbocycles. The van der Waals surface area contributed by atoms with Gasteiger partial charge in [-0.25, -0.2) is 0 Å². The van der Waals surface area contributed by atoms with Crippen molar-refractivity contribution in [3.8, 4) is 0 Å². The number of rotatable bonds is 50. The molecule has 0 spiro atoms. The van der Waals surface area contributed by atoms with Crippen LogP contribution in [0.3, 0.4) is 0 Å². The summed E-state index contributed by atoms with van der Waals surface area (Å²) in [6, 6.07) is 0. The minimum Gasteiger partial charge on any atom is -0.462 e. The number of unbranched alkanes of at least 4 members (excludes halogenated alkanes) is 27. The third kappa shape index (κ3) is 51.8. The molecule has 0 saturated carbocycles. The fraction of sp³-hybridized carbons (Fsp3) is 0.750. The van der Waals surface area contributed by atoms with Gasteiger partial charge in [0.1, 0.15) is 13.2 Å².